The number of rotatable bonds is 6. The van der Waals surface area contributed by atoms with Crippen LogP contribution in [0.15, 0.2) is 89.9 Å². The summed E-state index contributed by atoms with van der Waals surface area (Å²) in [6.45, 7) is 1.16. The maximum Gasteiger partial charge on any atom is 0.339 e. The molecule has 0 aliphatic heterocycles. The van der Waals surface area contributed by atoms with E-state index in [0.717, 1.165) is 0 Å². The number of carbonyl (C=O) groups is 2. The Balaban J connectivity index is 1.37. The molecular formula is C28H23N5O4. The molecule has 0 fully saturated rings. The average molecular weight is 494 g/mol. The van der Waals surface area contributed by atoms with Gasteiger partial charge in [-0.05, 0) is 43.3 Å². The summed E-state index contributed by atoms with van der Waals surface area (Å²) in [5.41, 5.74) is 2.95. The number of hydrogen-bond acceptors (Lipinski definition) is 6. The SMILES string of the molecule is Cc1c(NC(=O)COC(=O)c2cc(-c3ccccn3)nc3ccccc23)c(=O)n(-c2ccccc2)n1C. The summed E-state index contributed by atoms with van der Waals surface area (Å²) in [7, 11) is 1.73. The number of esters is 1. The number of aromatic nitrogens is 4. The van der Waals surface area contributed by atoms with Gasteiger partial charge >= 0.3 is 5.97 Å². The van der Waals surface area contributed by atoms with Crippen LogP contribution in [0.3, 0.4) is 0 Å². The van der Waals surface area contributed by atoms with Gasteiger partial charge in [0.2, 0.25) is 0 Å². The van der Waals surface area contributed by atoms with Gasteiger partial charge in [-0.25, -0.2) is 14.5 Å². The largest absolute Gasteiger partial charge is 0.452 e. The summed E-state index contributed by atoms with van der Waals surface area (Å²) in [4.78, 5) is 47.7. The fourth-order valence-corrected chi connectivity index (χ4v) is 4.09. The number of ether oxygens (including phenoxy) is 1. The summed E-state index contributed by atoms with van der Waals surface area (Å²) >= 11 is 0. The first kappa shape index (κ1) is 23.7. The molecule has 1 amide bonds. The van der Waals surface area contributed by atoms with E-state index in [4.69, 9.17) is 4.74 Å². The number of nitrogens with zero attached hydrogens (tertiary/aromatic N) is 4. The lowest BCUT2D eigenvalue weighted by molar-refractivity contribution is -0.119. The Hall–Kier alpha value is -5.05. The maximum absolute atomic E-state index is 13.1. The molecule has 0 aliphatic rings. The summed E-state index contributed by atoms with van der Waals surface area (Å²) < 4.78 is 8.46. The van der Waals surface area contributed by atoms with Crippen molar-refractivity contribution in [2.75, 3.05) is 11.9 Å². The molecule has 5 aromatic rings. The van der Waals surface area contributed by atoms with Gasteiger partial charge in [0, 0.05) is 18.6 Å². The smallest absolute Gasteiger partial charge is 0.339 e. The van der Waals surface area contributed by atoms with Crippen LogP contribution in [0, 0.1) is 6.92 Å². The topological polar surface area (TPSA) is 108 Å². The van der Waals surface area contributed by atoms with E-state index in [1.54, 1.807) is 73.4 Å². The van der Waals surface area contributed by atoms with E-state index in [-0.39, 0.29) is 16.8 Å². The van der Waals surface area contributed by atoms with E-state index in [9.17, 15) is 14.4 Å². The van der Waals surface area contributed by atoms with Crippen molar-refractivity contribution in [3.8, 4) is 17.1 Å². The Bertz CT molecular complexity index is 1670. The van der Waals surface area contributed by atoms with E-state index >= 15 is 0 Å². The molecule has 9 heteroatoms. The molecule has 0 saturated heterocycles. The number of para-hydroxylation sites is 2. The first-order chi connectivity index (χ1) is 17.9. The quantitative estimate of drug-likeness (QED) is 0.360. The molecule has 3 aromatic heterocycles. The van der Waals surface area contributed by atoms with Crippen LogP contribution in [0.25, 0.3) is 28.0 Å². The van der Waals surface area contributed by atoms with Crippen molar-refractivity contribution in [3.05, 3.63) is 107 Å². The van der Waals surface area contributed by atoms with Gasteiger partial charge in [-0.15, -0.1) is 0 Å². The summed E-state index contributed by atoms with van der Waals surface area (Å²) in [5, 5.41) is 3.19. The average Bonchev–Trinajstić information content (AvgIpc) is 3.14. The molecule has 184 valence electrons. The van der Waals surface area contributed by atoms with Crippen molar-refractivity contribution in [1.29, 1.82) is 0 Å². The molecule has 3 heterocycles. The summed E-state index contributed by atoms with van der Waals surface area (Å²) in [6.07, 6.45) is 1.64. The highest BCUT2D eigenvalue weighted by molar-refractivity contribution is 6.05. The second-order valence-electron chi connectivity index (χ2n) is 8.35. The second-order valence-corrected chi connectivity index (χ2v) is 8.35. The third-order valence-electron chi connectivity index (χ3n) is 6.02. The monoisotopic (exact) mass is 493 g/mol. The molecule has 0 spiro atoms. The van der Waals surface area contributed by atoms with Crippen molar-refractivity contribution >= 4 is 28.5 Å². The second kappa shape index (κ2) is 9.90. The molecule has 0 saturated carbocycles. The molecule has 0 radical (unpaired) electrons. The standard InChI is InChI=1S/C28H23N5O4/c1-18-26(27(35)33(32(18)2)19-10-4-3-5-11-19)31-25(34)17-37-28(36)21-16-24(23-14-8-9-15-29-23)30-22-13-7-6-12-20(21)22/h3-16H,17H2,1-2H3,(H,31,34). The molecule has 0 aliphatic carbocycles. The van der Waals surface area contributed by atoms with Crippen LogP contribution in [-0.4, -0.2) is 37.8 Å². The zero-order valence-electron chi connectivity index (χ0n) is 20.2. The van der Waals surface area contributed by atoms with Gasteiger partial charge < -0.3 is 10.1 Å². The van der Waals surface area contributed by atoms with Crippen LogP contribution in [0.4, 0.5) is 5.69 Å². The van der Waals surface area contributed by atoms with Gasteiger partial charge in [0.15, 0.2) is 6.61 Å². The predicted molar refractivity (Wildman–Crippen MR) is 140 cm³/mol. The normalized spacial score (nSPS) is 10.9. The number of fused-ring (bicyclic) bond motifs is 1. The van der Waals surface area contributed by atoms with Gasteiger partial charge in [-0.1, -0.05) is 42.5 Å². The minimum Gasteiger partial charge on any atom is -0.452 e. The number of amides is 1. The van der Waals surface area contributed by atoms with Crippen LogP contribution < -0.4 is 10.9 Å². The van der Waals surface area contributed by atoms with Crippen molar-refractivity contribution in [3.63, 3.8) is 0 Å². The number of benzene rings is 2. The molecule has 1 N–H and O–H groups in total. The van der Waals surface area contributed by atoms with Crippen LogP contribution in [0.1, 0.15) is 16.1 Å². The van der Waals surface area contributed by atoms with Crippen molar-refractivity contribution in [2.24, 2.45) is 7.05 Å². The fraction of sp³-hybridized carbons (Fsp3) is 0.107. The summed E-state index contributed by atoms with van der Waals surface area (Å²) in [6, 6.07) is 23.3. The molecule has 0 bridgehead atoms. The number of carbonyl (C=O) groups excluding carboxylic acids is 2. The van der Waals surface area contributed by atoms with E-state index in [0.29, 0.717) is 33.7 Å². The Morgan fingerprint density at radius 2 is 1.68 bits per heavy atom. The van der Waals surface area contributed by atoms with Crippen LogP contribution in [0.5, 0.6) is 0 Å². The van der Waals surface area contributed by atoms with Gasteiger partial charge in [-0.3, -0.25) is 19.3 Å². The highest BCUT2D eigenvalue weighted by Crippen LogP contribution is 2.24. The van der Waals surface area contributed by atoms with E-state index < -0.39 is 18.5 Å². The molecule has 0 unspecified atom stereocenters. The van der Waals surface area contributed by atoms with Gasteiger partial charge in [0.25, 0.3) is 11.5 Å². The number of nitrogens with one attached hydrogen (secondary N) is 1. The number of hydrogen-bond donors (Lipinski definition) is 1. The minimum atomic E-state index is -0.683. The number of pyridine rings is 2. The van der Waals surface area contributed by atoms with Crippen LogP contribution >= 0.6 is 0 Å². The maximum atomic E-state index is 13.1. The Morgan fingerprint density at radius 3 is 2.43 bits per heavy atom. The Kier molecular flexibility index (Phi) is 6.34. The lowest BCUT2D eigenvalue weighted by Gasteiger charge is -2.10. The zero-order valence-corrected chi connectivity index (χ0v) is 20.2. The van der Waals surface area contributed by atoms with Crippen LogP contribution in [0.2, 0.25) is 0 Å². The Labute approximate surface area is 212 Å². The molecule has 5 rings (SSSR count). The van der Waals surface area contributed by atoms with Crippen molar-refractivity contribution in [2.45, 2.75) is 6.92 Å². The molecule has 0 atom stereocenters. The first-order valence-corrected chi connectivity index (χ1v) is 11.6. The van der Waals surface area contributed by atoms with E-state index in [1.165, 1.54) is 4.68 Å². The van der Waals surface area contributed by atoms with Crippen LogP contribution in [-0.2, 0) is 16.6 Å². The Morgan fingerprint density at radius 1 is 0.946 bits per heavy atom. The third-order valence-corrected chi connectivity index (χ3v) is 6.02. The lowest BCUT2D eigenvalue weighted by Crippen LogP contribution is -2.26. The molecule has 9 nitrogen and oxygen atoms in total. The molecular weight excluding hydrogens is 470 g/mol. The highest BCUT2D eigenvalue weighted by atomic mass is 16.5. The van der Waals surface area contributed by atoms with E-state index in [1.807, 2.05) is 30.3 Å². The molecule has 37 heavy (non-hydrogen) atoms. The van der Waals surface area contributed by atoms with Crippen molar-refractivity contribution in [1.82, 2.24) is 19.3 Å². The van der Waals surface area contributed by atoms with Crippen molar-refractivity contribution < 1.29 is 14.3 Å². The lowest BCUT2D eigenvalue weighted by atomic mass is 10.1. The third kappa shape index (κ3) is 4.62. The van der Waals surface area contributed by atoms with Gasteiger partial charge in [0.1, 0.15) is 5.69 Å². The van der Waals surface area contributed by atoms with Gasteiger partial charge in [0.05, 0.1) is 33.8 Å². The zero-order chi connectivity index (χ0) is 25.9. The molecule has 2 aromatic carbocycles. The minimum absolute atomic E-state index is 0.124. The first-order valence-electron chi connectivity index (χ1n) is 11.6. The van der Waals surface area contributed by atoms with E-state index in [2.05, 4.69) is 15.3 Å². The predicted octanol–water partition coefficient (Wildman–Crippen LogP) is 3.89. The summed E-state index contributed by atoms with van der Waals surface area (Å²) in [5.74, 6) is -1.31. The van der Waals surface area contributed by atoms with Gasteiger partial charge in [-0.2, -0.15) is 0 Å². The highest BCUT2D eigenvalue weighted by Gasteiger charge is 2.20. The fourth-order valence-electron chi connectivity index (χ4n) is 4.09. The number of anilines is 1.